The minimum atomic E-state index is 0.662. The fourth-order valence-electron chi connectivity index (χ4n) is 3.47. The fraction of sp³-hybridized carbons (Fsp3) is 0.174. The van der Waals surface area contributed by atoms with Crippen molar-refractivity contribution >= 4 is 50.9 Å². The van der Waals surface area contributed by atoms with Gasteiger partial charge in [-0.05, 0) is 67.1 Å². The summed E-state index contributed by atoms with van der Waals surface area (Å²) in [4.78, 5) is 5.88. The van der Waals surface area contributed by atoms with Crippen LogP contribution < -0.4 is 10.6 Å². The predicted octanol–water partition coefficient (Wildman–Crippen LogP) is 7.24. The van der Waals surface area contributed by atoms with Crippen molar-refractivity contribution < 1.29 is 0 Å². The van der Waals surface area contributed by atoms with Gasteiger partial charge in [0.1, 0.15) is 5.82 Å². The molecular formula is C23H20ClN3S. The van der Waals surface area contributed by atoms with Crippen molar-refractivity contribution in [2.75, 3.05) is 10.6 Å². The van der Waals surface area contributed by atoms with Crippen molar-refractivity contribution in [3.05, 3.63) is 70.7 Å². The average Bonchev–Trinajstić information content (AvgIpc) is 3.39. The highest BCUT2D eigenvalue weighted by atomic mass is 35.5. The summed E-state index contributed by atoms with van der Waals surface area (Å²) < 4.78 is 0. The molecule has 2 aromatic carbocycles. The van der Waals surface area contributed by atoms with Gasteiger partial charge in [-0.3, -0.25) is 0 Å². The van der Waals surface area contributed by atoms with E-state index in [1.165, 1.54) is 39.9 Å². The van der Waals surface area contributed by atoms with Crippen molar-refractivity contribution in [1.29, 1.82) is 0 Å². The van der Waals surface area contributed by atoms with Crippen LogP contribution in [0.4, 0.5) is 17.2 Å². The number of hydrogen-bond donors (Lipinski definition) is 2. The number of anilines is 3. The van der Waals surface area contributed by atoms with Gasteiger partial charge in [-0.1, -0.05) is 23.7 Å². The summed E-state index contributed by atoms with van der Waals surface area (Å²) in [6.45, 7) is 2.18. The molecule has 0 saturated heterocycles. The molecule has 1 fully saturated rings. The molecule has 0 bridgehead atoms. The second kappa shape index (κ2) is 7.12. The minimum Gasteiger partial charge on any atom is -0.382 e. The van der Waals surface area contributed by atoms with Crippen LogP contribution in [0.15, 0.2) is 60.1 Å². The Bertz CT molecular complexity index is 1150. The van der Waals surface area contributed by atoms with Crippen molar-refractivity contribution in [1.82, 2.24) is 4.98 Å². The maximum absolute atomic E-state index is 6.01. The Morgan fingerprint density at radius 1 is 1.00 bits per heavy atom. The maximum Gasteiger partial charge on any atom is 0.138 e. The molecule has 2 N–H and O–H groups in total. The summed E-state index contributed by atoms with van der Waals surface area (Å²) in [5.41, 5.74) is 4.76. The first-order valence-corrected chi connectivity index (χ1v) is 10.7. The monoisotopic (exact) mass is 405 g/mol. The van der Waals surface area contributed by atoms with E-state index < -0.39 is 0 Å². The van der Waals surface area contributed by atoms with Gasteiger partial charge in [0.15, 0.2) is 0 Å². The normalized spacial score (nSPS) is 13.6. The SMILES string of the molecule is Cc1ccc2c(Nc3ccc(Cl)cc3)nccc2c1-c1cc(NC2CC2)cs1. The number of hydrogen-bond acceptors (Lipinski definition) is 4. The third kappa shape index (κ3) is 3.46. The van der Waals surface area contributed by atoms with Gasteiger partial charge in [0, 0.05) is 49.8 Å². The Labute approximate surface area is 173 Å². The van der Waals surface area contributed by atoms with Gasteiger partial charge in [-0.15, -0.1) is 11.3 Å². The Morgan fingerprint density at radius 3 is 2.61 bits per heavy atom. The van der Waals surface area contributed by atoms with Crippen LogP contribution in [-0.2, 0) is 0 Å². The van der Waals surface area contributed by atoms with Crippen molar-refractivity contribution in [2.24, 2.45) is 0 Å². The summed E-state index contributed by atoms with van der Waals surface area (Å²) in [6.07, 6.45) is 4.44. The molecule has 0 unspecified atom stereocenters. The number of aromatic nitrogens is 1. The van der Waals surface area contributed by atoms with Crippen LogP contribution >= 0.6 is 22.9 Å². The van der Waals surface area contributed by atoms with E-state index in [1.807, 2.05) is 30.5 Å². The van der Waals surface area contributed by atoms with Gasteiger partial charge in [0.05, 0.1) is 0 Å². The molecule has 0 atom stereocenters. The lowest BCUT2D eigenvalue weighted by Crippen LogP contribution is -1.98. The second-order valence-corrected chi connectivity index (χ2v) is 8.61. The van der Waals surface area contributed by atoms with E-state index in [9.17, 15) is 0 Å². The molecule has 0 spiro atoms. The molecule has 5 heteroatoms. The summed E-state index contributed by atoms with van der Waals surface area (Å²) in [7, 11) is 0. The van der Waals surface area contributed by atoms with E-state index >= 15 is 0 Å². The van der Waals surface area contributed by atoms with Crippen LogP contribution in [0.3, 0.4) is 0 Å². The highest BCUT2D eigenvalue weighted by molar-refractivity contribution is 7.14. The molecule has 3 nitrogen and oxygen atoms in total. The van der Waals surface area contributed by atoms with Gasteiger partial charge in [-0.2, -0.15) is 0 Å². The lowest BCUT2D eigenvalue weighted by molar-refractivity contribution is 1.16. The molecule has 1 aliphatic rings. The molecule has 2 heterocycles. The molecule has 2 aromatic heterocycles. The summed E-state index contributed by atoms with van der Waals surface area (Å²) in [5.74, 6) is 0.856. The zero-order valence-corrected chi connectivity index (χ0v) is 17.1. The van der Waals surface area contributed by atoms with Gasteiger partial charge < -0.3 is 10.6 Å². The van der Waals surface area contributed by atoms with Gasteiger partial charge in [0.2, 0.25) is 0 Å². The zero-order chi connectivity index (χ0) is 19.1. The molecule has 28 heavy (non-hydrogen) atoms. The third-order valence-electron chi connectivity index (χ3n) is 5.05. The van der Waals surface area contributed by atoms with Gasteiger partial charge in [-0.25, -0.2) is 4.98 Å². The van der Waals surface area contributed by atoms with Crippen molar-refractivity contribution in [2.45, 2.75) is 25.8 Å². The molecular weight excluding hydrogens is 386 g/mol. The first-order valence-electron chi connectivity index (χ1n) is 9.44. The largest absolute Gasteiger partial charge is 0.382 e. The number of benzene rings is 2. The number of aryl methyl sites for hydroxylation is 1. The quantitative estimate of drug-likeness (QED) is 0.367. The fourth-order valence-corrected chi connectivity index (χ4v) is 4.57. The maximum atomic E-state index is 6.01. The molecule has 0 radical (unpaired) electrons. The van der Waals surface area contributed by atoms with E-state index in [4.69, 9.17) is 11.6 Å². The van der Waals surface area contributed by atoms with Crippen LogP contribution in [-0.4, -0.2) is 11.0 Å². The van der Waals surface area contributed by atoms with E-state index in [0.29, 0.717) is 6.04 Å². The van der Waals surface area contributed by atoms with Crippen molar-refractivity contribution in [3.63, 3.8) is 0 Å². The Hall–Kier alpha value is -2.56. The number of nitrogens with zero attached hydrogens (tertiary/aromatic N) is 1. The lowest BCUT2D eigenvalue weighted by atomic mass is 9.99. The molecule has 5 rings (SSSR count). The topological polar surface area (TPSA) is 37.0 Å². The lowest BCUT2D eigenvalue weighted by Gasteiger charge is -2.13. The molecule has 4 aromatic rings. The number of pyridine rings is 1. The number of fused-ring (bicyclic) bond motifs is 1. The van der Waals surface area contributed by atoms with Gasteiger partial charge >= 0.3 is 0 Å². The van der Waals surface area contributed by atoms with Crippen LogP contribution in [0.1, 0.15) is 18.4 Å². The van der Waals surface area contributed by atoms with Crippen molar-refractivity contribution in [3.8, 4) is 10.4 Å². The number of nitrogens with one attached hydrogen (secondary N) is 2. The molecule has 0 aliphatic heterocycles. The summed E-state index contributed by atoms with van der Waals surface area (Å²) >= 11 is 7.80. The highest BCUT2D eigenvalue weighted by Gasteiger charge is 2.21. The highest BCUT2D eigenvalue weighted by Crippen LogP contribution is 2.40. The van der Waals surface area contributed by atoms with Crippen LogP contribution in [0.2, 0.25) is 5.02 Å². The average molecular weight is 406 g/mol. The molecule has 1 aliphatic carbocycles. The number of halogens is 1. The standard InChI is InChI=1S/C23H20ClN3S/c1-14-2-9-20-19(22(14)21-12-18(13-28-21)26-16-7-8-16)10-11-25-23(20)27-17-5-3-15(24)4-6-17/h2-6,9-13,16,26H,7-8H2,1H3,(H,25,27). The van der Waals surface area contributed by atoms with Gasteiger partial charge in [0.25, 0.3) is 0 Å². The Morgan fingerprint density at radius 2 is 1.82 bits per heavy atom. The summed E-state index contributed by atoms with van der Waals surface area (Å²) in [5, 5.41) is 12.3. The number of rotatable bonds is 5. The van der Waals surface area contributed by atoms with Crippen LogP contribution in [0.25, 0.3) is 21.2 Å². The minimum absolute atomic E-state index is 0.662. The number of thiophene rings is 1. The predicted molar refractivity (Wildman–Crippen MR) is 121 cm³/mol. The smallest absolute Gasteiger partial charge is 0.138 e. The van der Waals surface area contributed by atoms with E-state index in [2.05, 4.69) is 52.2 Å². The molecule has 1 saturated carbocycles. The zero-order valence-electron chi connectivity index (χ0n) is 15.5. The first-order chi connectivity index (χ1) is 13.7. The second-order valence-electron chi connectivity index (χ2n) is 7.26. The van der Waals surface area contributed by atoms with Crippen LogP contribution in [0.5, 0.6) is 0 Å². The summed E-state index contributed by atoms with van der Waals surface area (Å²) in [6, 6.07) is 17.1. The Balaban J connectivity index is 1.56. The third-order valence-corrected chi connectivity index (χ3v) is 6.25. The first kappa shape index (κ1) is 17.5. The van der Waals surface area contributed by atoms with E-state index in [0.717, 1.165) is 21.9 Å². The van der Waals surface area contributed by atoms with Crippen LogP contribution in [0, 0.1) is 6.92 Å². The van der Waals surface area contributed by atoms with E-state index in [1.54, 1.807) is 11.3 Å². The molecule has 140 valence electrons. The Kier molecular flexibility index (Phi) is 4.46. The molecule has 0 amide bonds. The van der Waals surface area contributed by atoms with E-state index in [-0.39, 0.29) is 0 Å².